The summed E-state index contributed by atoms with van der Waals surface area (Å²) >= 11 is 0. The molecule has 0 bridgehead atoms. The van der Waals surface area contributed by atoms with Crippen molar-refractivity contribution in [1.82, 2.24) is 5.32 Å². The lowest BCUT2D eigenvalue weighted by Gasteiger charge is -2.15. The lowest BCUT2D eigenvalue weighted by atomic mass is 10.0. The van der Waals surface area contributed by atoms with E-state index in [1.54, 1.807) is 0 Å². The third-order valence-corrected chi connectivity index (χ3v) is 1.97. The van der Waals surface area contributed by atoms with E-state index in [0.717, 1.165) is 6.08 Å². The first kappa shape index (κ1) is 12.9. The molecule has 4 nitrogen and oxygen atoms in total. The Morgan fingerprint density at radius 2 is 2.29 bits per heavy atom. The van der Waals surface area contributed by atoms with E-state index in [2.05, 4.69) is 24.9 Å². The highest BCUT2D eigenvalue weighted by atomic mass is 16.1. The van der Waals surface area contributed by atoms with Crippen molar-refractivity contribution in [1.29, 1.82) is 0 Å². The largest absolute Gasteiger partial charge is 0.369 e. The molecule has 80 valence electrons. The van der Waals surface area contributed by atoms with Crippen LogP contribution in [-0.4, -0.2) is 23.9 Å². The normalized spacial score (nSPS) is 17.6. The van der Waals surface area contributed by atoms with Crippen molar-refractivity contribution in [2.24, 2.45) is 5.73 Å². The fourth-order valence-electron chi connectivity index (χ4n) is 1.19. The monoisotopic (exact) mass is 198 g/mol. The van der Waals surface area contributed by atoms with Crippen LogP contribution in [0.3, 0.4) is 0 Å². The second-order valence-electron chi connectivity index (χ2n) is 3.91. The van der Waals surface area contributed by atoms with E-state index in [1.807, 2.05) is 0 Å². The minimum absolute atomic E-state index is 0.0104. The van der Waals surface area contributed by atoms with Crippen molar-refractivity contribution < 1.29 is 9.59 Å². The Bertz CT molecular complexity index is 222. The number of rotatable bonds is 2. The van der Waals surface area contributed by atoms with Crippen LogP contribution in [0.5, 0.6) is 0 Å². The molecule has 0 radical (unpaired) electrons. The predicted molar refractivity (Wildman–Crippen MR) is 55.4 cm³/mol. The Hall–Kier alpha value is -1.12. The molecule has 0 atom stereocenters. The van der Waals surface area contributed by atoms with E-state index in [-0.39, 0.29) is 6.42 Å². The summed E-state index contributed by atoms with van der Waals surface area (Å²) in [6, 6.07) is 0. The average Bonchev–Trinajstić information content (AvgIpc) is 2.47. The van der Waals surface area contributed by atoms with Crippen molar-refractivity contribution in [3.63, 3.8) is 0 Å². The zero-order valence-electron chi connectivity index (χ0n) is 8.80. The van der Waals surface area contributed by atoms with E-state index in [1.165, 1.54) is 25.3 Å². The minimum atomic E-state index is -0.511. The SMILES string of the molecule is CC1(C)CCCN1.NC(=O)CC=C=O. The molecule has 1 amide bonds. The van der Waals surface area contributed by atoms with Gasteiger partial charge in [-0.15, -0.1) is 0 Å². The van der Waals surface area contributed by atoms with E-state index in [4.69, 9.17) is 0 Å². The van der Waals surface area contributed by atoms with Gasteiger partial charge in [-0.2, -0.15) is 0 Å². The first-order valence-corrected chi connectivity index (χ1v) is 4.70. The lowest BCUT2D eigenvalue weighted by Crippen LogP contribution is -2.31. The van der Waals surface area contributed by atoms with Gasteiger partial charge in [0.15, 0.2) is 0 Å². The number of nitrogens with two attached hydrogens (primary N) is 1. The van der Waals surface area contributed by atoms with Crippen molar-refractivity contribution in [2.45, 2.75) is 38.6 Å². The molecule has 0 aliphatic carbocycles. The van der Waals surface area contributed by atoms with Crippen molar-refractivity contribution >= 4 is 11.8 Å². The minimum Gasteiger partial charge on any atom is -0.369 e. The second-order valence-corrected chi connectivity index (χ2v) is 3.91. The maximum absolute atomic E-state index is 9.77. The van der Waals surface area contributed by atoms with Gasteiger partial charge >= 0.3 is 0 Å². The standard InChI is InChI=1S/C6H13N.C4H5NO2/c1-6(2)4-3-5-7-6;5-4(7)2-1-3-6/h7H,3-5H2,1-2H3;1H,2H2,(H2,5,7). The van der Waals surface area contributed by atoms with Gasteiger partial charge in [0.1, 0.15) is 5.94 Å². The summed E-state index contributed by atoms with van der Waals surface area (Å²) in [5, 5.41) is 3.40. The third kappa shape index (κ3) is 7.53. The molecule has 1 heterocycles. The third-order valence-electron chi connectivity index (χ3n) is 1.97. The number of nitrogens with one attached hydrogen (secondary N) is 1. The Kier molecular flexibility index (Phi) is 5.84. The van der Waals surface area contributed by atoms with Gasteiger partial charge in [0.25, 0.3) is 0 Å². The molecular weight excluding hydrogens is 180 g/mol. The maximum atomic E-state index is 9.77. The molecule has 1 rings (SSSR count). The Balaban J connectivity index is 0.000000241. The van der Waals surface area contributed by atoms with E-state index >= 15 is 0 Å². The molecular formula is C10H18N2O2. The predicted octanol–water partition coefficient (Wildman–Crippen LogP) is 0.398. The van der Waals surface area contributed by atoms with Crippen molar-refractivity contribution in [3.05, 3.63) is 6.08 Å². The van der Waals surface area contributed by atoms with Crippen LogP contribution in [-0.2, 0) is 9.59 Å². The van der Waals surface area contributed by atoms with Crippen LogP contribution in [0.2, 0.25) is 0 Å². The molecule has 4 heteroatoms. The Morgan fingerprint density at radius 3 is 2.43 bits per heavy atom. The Labute approximate surface area is 84.5 Å². The number of carbonyl (C=O) groups excluding carboxylic acids is 2. The molecule has 1 fully saturated rings. The smallest absolute Gasteiger partial charge is 0.221 e. The van der Waals surface area contributed by atoms with Crippen LogP contribution in [0.25, 0.3) is 0 Å². The zero-order chi connectivity index (χ0) is 11.0. The van der Waals surface area contributed by atoms with Gasteiger partial charge in [-0.3, -0.25) is 4.79 Å². The van der Waals surface area contributed by atoms with Crippen LogP contribution in [0.15, 0.2) is 6.08 Å². The number of hydrogen-bond acceptors (Lipinski definition) is 3. The van der Waals surface area contributed by atoms with Crippen LogP contribution in [0, 0.1) is 0 Å². The molecule has 1 aliphatic heterocycles. The lowest BCUT2D eigenvalue weighted by molar-refractivity contribution is -0.117. The highest BCUT2D eigenvalue weighted by Gasteiger charge is 2.20. The summed E-state index contributed by atoms with van der Waals surface area (Å²) in [5.41, 5.74) is 5.07. The van der Waals surface area contributed by atoms with E-state index in [0.29, 0.717) is 5.54 Å². The van der Waals surface area contributed by atoms with Gasteiger partial charge in [0.2, 0.25) is 5.91 Å². The van der Waals surface area contributed by atoms with Gasteiger partial charge < -0.3 is 11.1 Å². The number of hydrogen-bond donors (Lipinski definition) is 2. The summed E-state index contributed by atoms with van der Waals surface area (Å²) in [4.78, 5) is 19.1. The highest BCUT2D eigenvalue weighted by molar-refractivity contribution is 5.77. The van der Waals surface area contributed by atoms with Crippen molar-refractivity contribution in [3.8, 4) is 0 Å². The number of carbonyl (C=O) groups is 1. The van der Waals surface area contributed by atoms with E-state index in [9.17, 15) is 9.59 Å². The zero-order valence-corrected chi connectivity index (χ0v) is 8.80. The second kappa shape index (κ2) is 6.35. The molecule has 14 heavy (non-hydrogen) atoms. The first-order chi connectivity index (χ1) is 6.48. The van der Waals surface area contributed by atoms with Gasteiger partial charge in [0, 0.05) is 11.6 Å². The summed E-state index contributed by atoms with van der Waals surface area (Å²) in [7, 11) is 0. The molecule has 0 aromatic rings. The molecule has 0 saturated carbocycles. The summed E-state index contributed by atoms with van der Waals surface area (Å²) < 4.78 is 0. The van der Waals surface area contributed by atoms with Crippen molar-refractivity contribution in [2.75, 3.05) is 6.54 Å². The van der Waals surface area contributed by atoms with Crippen LogP contribution < -0.4 is 11.1 Å². The quantitative estimate of drug-likeness (QED) is 0.631. The van der Waals surface area contributed by atoms with Gasteiger partial charge in [-0.1, -0.05) is 0 Å². The molecule has 0 aromatic heterocycles. The summed E-state index contributed by atoms with van der Waals surface area (Å²) in [6.07, 6.45) is 3.73. The van der Waals surface area contributed by atoms with Crippen LogP contribution in [0.4, 0.5) is 0 Å². The Morgan fingerprint density at radius 1 is 1.64 bits per heavy atom. The fraction of sp³-hybridized carbons (Fsp3) is 0.700. The summed E-state index contributed by atoms with van der Waals surface area (Å²) in [5.74, 6) is 0.912. The van der Waals surface area contributed by atoms with Gasteiger partial charge in [-0.25, -0.2) is 4.79 Å². The molecule has 3 N–H and O–H groups in total. The van der Waals surface area contributed by atoms with Crippen LogP contribution >= 0.6 is 0 Å². The maximum Gasteiger partial charge on any atom is 0.221 e. The molecule has 0 aromatic carbocycles. The molecule has 0 spiro atoms. The average molecular weight is 198 g/mol. The number of primary amides is 1. The first-order valence-electron chi connectivity index (χ1n) is 4.70. The fourth-order valence-corrected chi connectivity index (χ4v) is 1.19. The van der Waals surface area contributed by atoms with Crippen LogP contribution in [0.1, 0.15) is 33.1 Å². The van der Waals surface area contributed by atoms with Gasteiger partial charge in [0.05, 0.1) is 6.42 Å². The highest BCUT2D eigenvalue weighted by Crippen LogP contribution is 2.15. The molecule has 1 saturated heterocycles. The van der Waals surface area contributed by atoms with Gasteiger partial charge in [-0.05, 0) is 33.2 Å². The summed E-state index contributed by atoms with van der Waals surface area (Å²) in [6.45, 7) is 5.72. The number of amides is 1. The topological polar surface area (TPSA) is 72.2 Å². The molecule has 1 aliphatic rings. The molecule has 0 unspecified atom stereocenters. The van der Waals surface area contributed by atoms with E-state index < -0.39 is 5.91 Å².